The molecule has 4 rings (SSSR count). The van der Waals surface area contributed by atoms with Crippen molar-refractivity contribution in [3.05, 3.63) is 46.5 Å². The SMILES string of the molecule is O[C@H](CN1CCn2c(nnc2C2CC2)C1)c1ccccc1Cl. The van der Waals surface area contributed by atoms with Crippen molar-refractivity contribution < 1.29 is 5.11 Å². The highest BCUT2D eigenvalue weighted by molar-refractivity contribution is 6.31. The molecule has 1 saturated carbocycles. The van der Waals surface area contributed by atoms with Crippen molar-refractivity contribution in [1.29, 1.82) is 0 Å². The fraction of sp³-hybridized carbons (Fsp3) is 0.500. The van der Waals surface area contributed by atoms with Crippen LogP contribution in [-0.4, -0.2) is 37.9 Å². The van der Waals surface area contributed by atoms with E-state index >= 15 is 0 Å². The number of hydrogen-bond acceptors (Lipinski definition) is 4. The predicted molar refractivity (Wildman–Crippen MR) is 83.7 cm³/mol. The second-order valence-electron chi connectivity index (χ2n) is 6.17. The standard InChI is InChI=1S/C16H19ClN4O/c17-13-4-2-1-3-12(13)14(22)9-20-7-8-21-15(10-20)18-19-16(21)11-5-6-11/h1-4,11,14,22H,5-10H2/t14-/m1/s1. The lowest BCUT2D eigenvalue weighted by atomic mass is 10.1. The van der Waals surface area contributed by atoms with Gasteiger partial charge >= 0.3 is 0 Å². The Hall–Kier alpha value is -1.43. The molecule has 6 heteroatoms. The Morgan fingerprint density at radius 2 is 2.05 bits per heavy atom. The third-order valence-corrected chi connectivity index (χ3v) is 4.84. The summed E-state index contributed by atoms with van der Waals surface area (Å²) < 4.78 is 2.26. The number of nitrogens with zero attached hydrogens (tertiary/aromatic N) is 4. The number of rotatable bonds is 4. The van der Waals surface area contributed by atoms with Gasteiger partial charge in [-0.25, -0.2) is 0 Å². The molecule has 2 heterocycles. The van der Waals surface area contributed by atoms with Crippen LogP contribution in [0.3, 0.4) is 0 Å². The van der Waals surface area contributed by atoms with Gasteiger partial charge in [0, 0.05) is 36.1 Å². The summed E-state index contributed by atoms with van der Waals surface area (Å²) in [6, 6.07) is 7.47. The third-order valence-electron chi connectivity index (χ3n) is 4.50. The van der Waals surface area contributed by atoms with Gasteiger partial charge in [0.15, 0.2) is 0 Å². The maximum absolute atomic E-state index is 10.4. The van der Waals surface area contributed by atoms with Gasteiger partial charge in [0.2, 0.25) is 0 Å². The van der Waals surface area contributed by atoms with Crippen molar-refractivity contribution in [3.8, 4) is 0 Å². The first-order valence-electron chi connectivity index (χ1n) is 7.79. The van der Waals surface area contributed by atoms with Crippen molar-refractivity contribution in [3.63, 3.8) is 0 Å². The molecule has 1 aliphatic heterocycles. The summed E-state index contributed by atoms with van der Waals surface area (Å²) >= 11 is 6.16. The van der Waals surface area contributed by atoms with E-state index < -0.39 is 6.10 Å². The van der Waals surface area contributed by atoms with Gasteiger partial charge in [-0.1, -0.05) is 29.8 Å². The van der Waals surface area contributed by atoms with Crippen LogP contribution in [0.4, 0.5) is 0 Å². The molecule has 0 radical (unpaired) electrons. The molecule has 2 aromatic rings. The molecule has 1 N–H and O–H groups in total. The van der Waals surface area contributed by atoms with E-state index in [4.69, 9.17) is 11.6 Å². The van der Waals surface area contributed by atoms with Crippen LogP contribution in [-0.2, 0) is 13.1 Å². The van der Waals surface area contributed by atoms with Crippen LogP contribution < -0.4 is 0 Å². The van der Waals surface area contributed by atoms with Crippen LogP contribution in [0.15, 0.2) is 24.3 Å². The zero-order valence-corrected chi connectivity index (χ0v) is 13.1. The first kappa shape index (κ1) is 14.2. The van der Waals surface area contributed by atoms with E-state index in [1.807, 2.05) is 24.3 Å². The smallest absolute Gasteiger partial charge is 0.147 e. The van der Waals surface area contributed by atoms with Crippen LogP contribution in [0.1, 0.15) is 42.1 Å². The number of hydrogen-bond donors (Lipinski definition) is 1. The van der Waals surface area contributed by atoms with Gasteiger partial charge in [-0.05, 0) is 18.9 Å². The molecule has 0 saturated heterocycles. The van der Waals surface area contributed by atoms with E-state index in [0.29, 0.717) is 17.5 Å². The monoisotopic (exact) mass is 318 g/mol. The Morgan fingerprint density at radius 1 is 1.23 bits per heavy atom. The molecule has 0 unspecified atom stereocenters. The molecule has 1 aromatic heterocycles. The highest BCUT2D eigenvalue weighted by Gasteiger charge is 2.32. The van der Waals surface area contributed by atoms with Crippen LogP contribution >= 0.6 is 11.6 Å². The largest absolute Gasteiger partial charge is 0.387 e. The second-order valence-corrected chi connectivity index (χ2v) is 6.58. The van der Waals surface area contributed by atoms with Crippen LogP contribution in [0.2, 0.25) is 5.02 Å². The second kappa shape index (κ2) is 5.65. The topological polar surface area (TPSA) is 54.2 Å². The molecule has 2 aliphatic rings. The summed E-state index contributed by atoms with van der Waals surface area (Å²) in [5.41, 5.74) is 0.787. The predicted octanol–water partition coefficient (Wildman–Crippen LogP) is 2.36. The average Bonchev–Trinajstić information content (AvgIpc) is 3.27. The number of β-amino-alcohol motifs (C(OH)–C–C–N with tert-alkyl or cyclic N) is 1. The van der Waals surface area contributed by atoms with E-state index in [0.717, 1.165) is 36.8 Å². The number of benzene rings is 1. The minimum absolute atomic E-state index is 0.565. The van der Waals surface area contributed by atoms with Gasteiger partial charge in [0.25, 0.3) is 0 Å². The molecular formula is C16H19ClN4O. The van der Waals surface area contributed by atoms with Crippen molar-refractivity contribution >= 4 is 11.6 Å². The molecule has 1 fully saturated rings. The molecule has 116 valence electrons. The van der Waals surface area contributed by atoms with E-state index in [1.165, 1.54) is 12.8 Å². The van der Waals surface area contributed by atoms with Gasteiger partial charge in [-0.15, -0.1) is 10.2 Å². The Bertz CT molecular complexity index is 683. The third kappa shape index (κ3) is 2.64. The summed E-state index contributed by atoms with van der Waals surface area (Å²) in [4.78, 5) is 2.22. The maximum atomic E-state index is 10.4. The van der Waals surface area contributed by atoms with Crippen molar-refractivity contribution in [2.75, 3.05) is 13.1 Å². The lowest BCUT2D eigenvalue weighted by Crippen LogP contribution is -2.37. The van der Waals surface area contributed by atoms with Crippen LogP contribution in [0, 0.1) is 0 Å². The number of halogens is 1. The van der Waals surface area contributed by atoms with Crippen molar-refractivity contribution in [2.45, 2.75) is 38.0 Å². The van der Waals surface area contributed by atoms with E-state index in [1.54, 1.807) is 0 Å². The molecule has 22 heavy (non-hydrogen) atoms. The van der Waals surface area contributed by atoms with Gasteiger partial charge < -0.3 is 9.67 Å². The maximum Gasteiger partial charge on any atom is 0.147 e. The lowest BCUT2D eigenvalue weighted by Gasteiger charge is -2.29. The quantitative estimate of drug-likeness (QED) is 0.940. The van der Waals surface area contributed by atoms with E-state index in [2.05, 4.69) is 19.7 Å². The molecule has 1 aliphatic carbocycles. The normalized spacial score (nSPS) is 19.9. The van der Waals surface area contributed by atoms with Crippen molar-refractivity contribution in [2.24, 2.45) is 0 Å². The summed E-state index contributed by atoms with van der Waals surface area (Å²) in [6.07, 6.45) is 1.91. The highest BCUT2D eigenvalue weighted by atomic mass is 35.5. The van der Waals surface area contributed by atoms with Gasteiger partial charge in [0.05, 0.1) is 12.6 Å². The van der Waals surface area contributed by atoms with E-state index in [-0.39, 0.29) is 0 Å². The Balaban J connectivity index is 1.45. The number of aromatic nitrogens is 3. The summed E-state index contributed by atoms with van der Waals surface area (Å²) in [7, 11) is 0. The van der Waals surface area contributed by atoms with Gasteiger partial charge in [-0.2, -0.15) is 0 Å². The average molecular weight is 319 g/mol. The van der Waals surface area contributed by atoms with Crippen LogP contribution in [0.25, 0.3) is 0 Å². The first-order valence-corrected chi connectivity index (χ1v) is 8.17. The molecule has 0 amide bonds. The first-order chi connectivity index (χ1) is 10.7. The highest BCUT2D eigenvalue weighted by Crippen LogP contribution is 2.39. The molecule has 0 bridgehead atoms. The minimum atomic E-state index is -0.578. The number of fused-ring (bicyclic) bond motifs is 1. The lowest BCUT2D eigenvalue weighted by molar-refractivity contribution is 0.0959. The van der Waals surface area contributed by atoms with Crippen LogP contribution in [0.5, 0.6) is 0 Å². The van der Waals surface area contributed by atoms with Gasteiger partial charge in [-0.3, -0.25) is 4.90 Å². The Kier molecular flexibility index (Phi) is 3.64. The summed E-state index contributed by atoms with van der Waals surface area (Å²) in [5.74, 6) is 2.79. The molecule has 1 aromatic carbocycles. The minimum Gasteiger partial charge on any atom is -0.387 e. The molecule has 1 atom stereocenters. The van der Waals surface area contributed by atoms with E-state index in [9.17, 15) is 5.11 Å². The Labute approximate surface area is 134 Å². The summed E-state index contributed by atoms with van der Waals surface area (Å²) in [6.45, 7) is 3.12. The fourth-order valence-electron chi connectivity index (χ4n) is 3.12. The van der Waals surface area contributed by atoms with Crippen molar-refractivity contribution in [1.82, 2.24) is 19.7 Å². The zero-order valence-electron chi connectivity index (χ0n) is 12.3. The molecule has 0 spiro atoms. The Morgan fingerprint density at radius 3 is 2.82 bits per heavy atom. The molecular weight excluding hydrogens is 300 g/mol. The van der Waals surface area contributed by atoms with Gasteiger partial charge in [0.1, 0.15) is 11.6 Å². The number of aliphatic hydroxyl groups is 1. The fourth-order valence-corrected chi connectivity index (χ4v) is 3.38. The zero-order chi connectivity index (χ0) is 15.1. The summed E-state index contributed by atoms with van der Waals surface area (Å²) in [5, 5.41) is 19.7. The number of aliphatic hydroxyl groups excluding tert-OH is 1. The molecule has 5 nitrogen and oxygen atoms in total.